The van der Waals surface area contributed by atoms with Crippen molar-refractivity contribution in [2.24, 2.45) is 0 Å². The van der Waals surface area contributed by atoms with Crippen LogP contribution in [0.4, 0.5) is 0 Å². The van der Waals surface area contributed by atoms with Crippen molar-refractivity contribution in [1.29, 1.82) is 0 Å². The van der Waals surface area contributed by atoms with Crippen LogP contribution in [0, 0.1) is 0 Å². The first-order chi connectivity index (χ1) is 11.3. The predicted octanol–water partition coefficient (Wildman–Crippen LogP) is 1.92. The average molecular weight is 357 g/mol. The molecule has 0 heterocycles. The summed E-state index contributed by atoms with van der Waals surface area (Å²) < 4.78 is 42.1. The molecule has 0 fully saturated rings. The first-order valence-electron chi connectivity index (χ1n) is 7.37. The molecular weight excluding hydrogens is 334 g/mol. The predicted molar refractivity (Wildman–Crippen MR) is 90.7 cm³/mol. The molecule has 0 amide bonds. The molecule has 0 aliphatic carbocycles. The Morgan fingerprint density at radius 1 is 1.12 bits per heavy atom. The monoisotopic (exact) mass is 357 g/mol. The van der Waals surface area contributed by atoms with Crippen LogP contribution in [0.3, 0.4) is 0 Å². The number of hydrogen-bond donors (Lipinski definition) is 0. The maximum atomic E-state index is 12.9. The van der Waals surface area contributed by atoms with Crippen LogP contribution in [0.25, 0.3) is 6.08 Å². The molecule has 0 unspecified atom stereocenters. The van der Waals surface area contributed by atoms with E-state index in [1.54, 1.807) is 19.9 Å². The van der Waals surface area contributed by atoms with Crippen molar-refractivity contribution in [1.82, 2.24) is 4.31 Å². The molecule has 0 spiro atoms. The second kappa shape index (κ2) is 8.70. The highest BCUT2D eigenvalue weighted by atomic mass is 32.2. The molecule has 1 aromatic carbocycles. The minimum atomic E-state index is -3.76. The minimum Gasteiger partial charge on any atom is -0.493 e. The summed E-state index contributed by atoms with van der Waals surface area (Å²) in [5, 5.41) is 0. The number of rotatable bonds is 8. The summed E-state index contributed by atoms with van der Waals surface area (Å²) in [6, 6.07) is 3.02. The average Bonchev–Trinajstić information content (AvgIpc) is 2.59. The van der Waals surface area contributed by atoms with Crippen molar-refractivity contribution in [3.63, 3.8) is 0 Å². The fourth-order valence-corrected chi connectivity index (χ4v) is 3.83. The standard InChI is InChI=1S/C16H23NO6S/c1-6-17(7-2)24(19,20)14-11-12(8-9-15(18)22-4)10-13(21-3)16(14)23-5/h8-11H,6-7H2,1-5H3. The molecule has 0 saturated carbocycles. The number of esters is 1. The Hall–Kier alpha value is -2.06. The lowest BCUT2D eigenvalue weighted by molar-refractivity contribution is -0.134. The first-order valence-corrected chi connectivity index (χ1v) is 8.81. The Balaban J connectivity index is 3.57. The van der Waals surface area contributed by atoms with Gasteiger partial charge in [0.15, 0.2) is 11.5 Å². The summed E-state index contributed by atoms with van der Waals surface area (Å²) in [5.74, 6) is -0.159. The van der Waals surface area contributed by atoms with Crippen LogP contribution in [0.5, 0.6) is 11.5 Å². The molecule has 134 valence electrons. The van der Waals surface area contributed by atoms with Gasteiger partial charge in [0.05, 0.1) is 21.3 Å². The highest BCUT2D eigenvalue weighted by Gasteiger charge is 2.28. The third-order valence-corrected chi connectivity index (χ3v) is 5.46. The van der Waals surface area contributed by atoms with E-state index in [0.29, 0.717) is 18.7 Å². The van der Waals surface area contributed by atoms with Gasteiger partial charge in [0, 0.05) is 19.2 Å². The summed E-state index contributed by atoms with van der Waals surface area (Å²) in [7, 11) is 0.291. The van der Waals surface area contributed by atoms with Gasteiger partial charge in [-0.05, 0) is 23.8 Å². The van der Waals surface area contributed by atoms with E-state index >= 15 is 0 Å². The smallest absolute Gasteiger partial charge is 0.330 e. The zero-order valence-electron chi connectivity index (χ0n) is 14.5. The molecule has 1 rings (SSSR count). The zero-order chi connectivity index (χ0) is 18.3. The van der Waals surface area contributed by atoms with Crippen LogP contribution >= 0.6 is 0 Å². The molecule has 8 heteroatoms. The molecule has 0 N–H and O–H groups in total. The maximum Gasteiger partial charge on any atom is 0.330 e. The molecule has 0 aliphatic rings. The number of ether oxygens (including phenoxy) is 3. The number of carbonyl (C=O) groups is 1. The number of methoxy groups -OCH3 is 3. The molecule has 0 atom stereocenters. The largest absolute Gasteiger partial charge is 0.493 e. The van der Waals surface area contributed by atoms with Gasteiger partial charge in [-0.3, -0.25) is 0 Å². The molecule has 1 aromatic rings. The number of benzene rings is 1. The van der Waals surface area contributed by atoms with Crippen LogP contribution in [0.15, 0.2) is 23.1 Å². The van der Waals surface area contributed by atoms with Crippen molar-refractivity contribution in [3.05, 3.63) is 23.8 Å². The molecule has 24 heavy (non-hydrogen) atoms. The van der Waals surface area contributed by atoms with Gasteiger partial charge in [-0.15, -0.1) is 0 Å². The number of hydrogen-bond acceptors (Lipinski definition) is 6. The van der Waals surface area contributed by atoms with Gasteiger partial charge in [0.25, 0.3) is 0 Å². The van der Waals surface area contributed by atoms with Crippen molar-refractivity contribution in [2.75, 3.05) is 34.4 Å². The minimum absolute atomic E-state index is 0.0161. The van der Waals surface area contributed by atoms with Crippen molar-refractivity contribution in [2.45, 2.75) is 18.7 Å². The van der Waals surface area contributed by atoms with Crippen molar-refractivity contribution < 1.29 is 27.4 Å². The fraction of sp³-hybridized carbons (Fsp3) is 0.438. The second-order valence-electron chi connectivity index (χ2n) is 4.70. The van der Waals surface area contributed by atoms with Crippen LogP contribution in [-0.4, -0.2) is 53.1 Å². The Bertz CT molecular complexity index is 708. The number of carbonyl (C=O) groups excluding carboxylic acids is 1. The molecule has 0 radical (unpaired) electrons. The van der Waals surface area contributed by atoms with Crippen LogP contribution in [0.1, 0.15) is 19.4 Å². The van der Waals surface area contributed by atoms with Crippen LogP contribution in [0.2, 0.25) is 0 Å². The first kappa shape index (κ1) is 20.0. The molecule has 7 nitrogen and oxygen atoms in total. The normalized spacial score (nSPS) is 11.8. The van der Waals surface area contributed by atoms with E-state index < -0.39 is 16.0 Å². The lowest BCUT2D eigenvalue weighted by atomic mass is 10.2. The SMILES string of the molecule is CCN(CC)S(=O)(=O)c1cc(C=CC(=O)OC)cc(OC)c1OC. The van der Waals surface area contributed by atoms with Crippen LogP contribution in [-0.2, 0) is 19.6 Å². The topological polar surface area (TPSA) is 82.1 Å². The Labute approximate surface area is 142 Å². The van der Waals surface area contributed by atoms with Gasteiger partial charge in [-0.25, -0.2) is 13.2 Å². The molecule has 0 aliphatic heterocycles. The third-order valence-electron chi connectivity index (χ3n) is 3.40. The van der Waals surface area contributed by atoms with E-state index in [1.165, 1.54) is 43.9 Å². The quantitative estimate of drug-likeness (QED) is 0.522. The van der Waals surface area contributed by atoms with E-state index in [1.807, 2.05) is 0 Å². The summed E-state index contributed by atoms with van der Waals surface area (Å²) >= 11 is 0. The molecule has 0 aromatic heterocycles. The van der Waals surface area contributed by atoms with Gasteiger partial charge < -0.3 is 14.2 Å². The van der Waals surface area contributed by atoms with Crippen molar-refractivity contribution >= 4 is 22.1 Å². The summed E-state index contributed by atoms with van der Waals surface area (Å²) in [5.41, 5.74) is 0.476. The van der Waals surface area contributed by atoms with Gasteiger partial charge >= 0.3 is 5.97 Å². The number of sulfonamides is 1. The van der Waals surface area contributed by atoms with Crippen LogP contribution < -0.4 is 9.47 Å². The van der Waals surface area contributed by atoms with Gasteiger partial charge in [-0.1, -0.05) is 13.8 Å². The third kappa shape index (κ3) is 4.27. The van der Waals surface area contributed by atoms with Crippen molar-refractivity contribution in [3.8, 4) is 11.5 Å². The second-order valence-corrected chi connectivity index (χ2v) is 6.61. The van der Waals surface area contributed by atoms with Gasteiger partial charge in [-0.2, -0.15) is 4.31 Å². The highest BCUT2D eigenvalue weighted by Crippen LogP contribution is 2.37. The van der Waals surface area contributed by atoms with E-state index in [9.17, 15) is 13.2 Å². The molecule has 0 saturated heterocycles. The lowest BCUT2D eigenvalue weighted by Crippen LogP contribution is -2.31. The van der Waals surface area contributed by atoms with Gasteiger partial charge in [0.1, 0.15) is 4.90 Å². The Kier molecular flexibility index (Phi) is 7.24. The Morgan fingerprint density at radius 2 is 1.75 bits per heavy atom. The fourth-order valence-electron chi connectivity index (χ4n) is 2.17. The van der Waals surface area contributed by atoms with E-state index in [4.69, 9.17) is 9.47 Å². The summed E-state index contributed by atoms with van der Waals surface area (Å²) in [6.45, 7) is 4.16. The lowest BCUT2D eigenvalue weighted by Gasteiger charge is -2.21. The van der Waals surface area contributed by atoms with E-state index in [-0.39, 0.29) is 16.4 Å². The maximum absolute atomic E-state index is 12.9. The van der Waals surface area contributed by atoms with Gasteiger partial charge in [0.2, 0.25) is 10.0 Å². The van der Waals surface area contributed by atoms with E-state index in [2.05, 4.69) is 4.74 Å². The Morgan fingerprint density at radius 3 is 2.21 bits per heavy atom. The summed E-state index contributed by atoms with van der Waals surface area (Å²) in [6.07, 6.45) is 2.66. The molecular formula is C16H23NO6S. The highest BCUT2D eigenvalue weighted by molar-refractivity contribution is 7.89. The van der Waals surface area contributed by atoms with E-state index in [0.717, 1.165) is 0 Å². The summed E-state index contributed by atoms with van der Waals surface area (Å²) in [4.78, 5) is 11.2. The number of nitrogens with zero attached hydrogens (tertiary/aromatic N) is 1. The molecule has 0 bridgehead atoms. The zero-order valence-corrected chi connectivity index (χ0v) is 15.3.